The molecule has 2 aliphatic heterocycles. The molecule has 3 heterocycles. The molecular formula is C11H15N3. The number of nitrogens with zero attached hydrogens (tertiary/aromatic N) is 2. The lowest BCUT2D eigenvalue weighted by molar-refractivity contribution is 0.217. The summed E-state index contributed by atoms with van der Waals surface area (Å²) in [6, 6.07) is 5.69. The van der Waals surface area contributed by atoms with Crippen LogP contribution in [-0.2, 0) is 6.54 Å². The lowest BCUT2D eigenvalue weighted by Gasteiger charge is -2.26. The Hall–Kier alpha value is -0.930. The molecule has 2 aliphatic rings. The van der Waals surface area contributed by atoms with E-state index in [1.54, 1.807) is 0 Å². The van der Waals surface area contributed by atoms with Gasteiger partial charge in [0.2, 0.25) is 0 Å². The Morgan fingerprint density at radius 2 is 2.57 bits per heavy atom. The van der Waals surface area contributed by atoms with Crippen LogP contribution in [0.5, 0.6) is 0 Å². The Bertz CT molecular complexity index is 312. The molecule has 3 rings (SSSR count). The van der Waals surface area contributed by atoms with E-state index >= 15 is 0 Å². The van der Waals surface area contributed by atoms with Gasteiger partial charge in [0, 0.05) is 44.1 Å². The van der Waals surface area contributed by atoms with Gasteiger partial charge in [-0.3, -0.25) is 9.88 Å². The van der Waals surface area contributed by atoms with E-state index in [0.29, 0.717) is 0 Å². The van der Waals surface area contributed by atoms with Gasteiger partial charge in [0.1, 0.15) is 0 Å². The summed E-state index contributed by atoms with van der Waals surface area (Å²) >= 11 is 0. The van der Waals surface area contributed by atoms with Crippen molar-refractivity contribution in [3.8, 4) is 0 Å². The first-order chi connectivity index (χ1) is 6.92. The largest absolute Gasteiger partial charge is 0.311 e. The van der Waals surface area contributed by atoms with Crippen molar-refractivity contribution in [1.82, 2.24) is 15.2 Å². The summed E-state index contributed by atoms with van der Waals surface area (Å²) in [6.45, 7) is 3.45. The van der Waals surface area contributed by atoms with Crippen LogP contribution < -0.4 is 5.32 Å². The summed E-state index contributed by atoms with van der Waals surface area (Å²) in [6.07, 6.45) is 5.14. The number of rotatable bonds is 2. The second-order valence-corrected chi connectivity index (χ2v) is 4.29. The van der Waals surface area contributed by atoms with Crippen LogP contribution in [0.4, 0.5) is 0 Å². The van der Waals surface area contributed by atoms with Crippen LogP contribution in [0.1, 0.15) is 12.0 Å². The minimum Gasteiger partial charge on any atom is -0.311 e. The number of piperazine rings is 1. The van der Waals surface area contributed by atoms with E-state index in [0.717, 1.165) is 18.6 Å². The Morgan fingerprint density at radius 1 is 1.57 bits per heavy atom. The smallest absolute Gasteiger partial charge is 0.0312 e. The number of hydrogen-bond donors (Lipinski definition) is 1. The van der Waals surface area contributed by atoms with Crippen molar-refractivity contribution in [2.45, 2.75) is 25.0 Å². The summed E-state index contributed by atoms with van der Waals surface area (Å²) < 4.78 is 0. The van der Waals surface area contributed by atoms with Crippen LogP contribution >= 0.6 is 0 Å². The predicted molar refractivity (Wildman–Crippen MR) is 54.8 cm³/mol. The molecular weight excluding hydrogens is 174 g/mol. The van der Waals surface area contributed by atoms with Crippen LogP contribution in [-0.4, -0.2) is 35.1 Å². The van der Waals surface area contributed by atoms with Crippen molar-refractivity contribution in [2.24, 2.45) is 0 Å². The maximum atomic E-state index is 4.15. The van der Waals surface area contributed by atoms with Gasteiger partial charge in [-0.2, -0.15) is 0 Å². The van der Waals surface area contributed by atoms with E-state index in [1.807, 2.05) is 18.5 Å². The number of hydrogen-bond acceptors (Lipinski definition) is 3. The van der Waals surface area contributed by atoms with Crippen LogP contribution in [0.15, 0.2) is 24.5 Å². The first-order valence-corrected chi connectivity index (χ1v) is 5.28. The normalized spacial score (nSPS) is 31.1. The van der Waals surface area contributed by atoms with E-state index < -0.39 is 0 Å². The first-order valence-electron chi connectivity index (χ1n) is 5.28. The van der Waals surface area contributed by atoms with E-state index in [4.69, 9.17) is 0 Å². The standard InChI is InChI=1S/C11H15N3/c1-2-9(5-12-3-1)7-14-8-10-4-11(14)6-13-10/h1-3,5,10-11,13H,4,6-8H2/t10-,11-/m1/s1. The quantitative estimate of drug-likeness (QED) is 0.739. The molecule has 2 bridgehead atoms. The van der Waals surface area contributed by atoms with Crippen molar-refractivity contribution < 1.29 is 0 Å². The SMILES string of the molecule is c1cncc(CN2C[C@H]3C[C@@H]2CN3)c1. The molecule has 0 spiro atoms. The third-order valence-corrected chi connectivity index (χ3v) is 3.28. The van der Waals surface area contributed by atoms with Crippen LogP contribution in [0, 0.1) is 0 Å². The van der Waals surface area contributed by atoms with Crippen molar-refractivity contribution in [1.29, 1.82) is 0 Å². The number of likely N-dealkylation sites (tertiary alicyclic amines) is 1. The fourth-order valence-corrected chi connectivity index (χ4v) is 2.57. The first kappa shape index (κ1) is 8.38. The number of aromatic nitrogens is 1. The summed E-state index contributed by atoms with van der Waals surface area (Å²) in [7, 11) is 0. The van der Waals surface area contributed by atoms with E-state index in [9.17, 15) is 0 Å². The van der Waals surface area contributed by atoms with Crippen LogP contribution in [0.3, 0.4) is 0 Å². The molecule has 74 valence electrons. The Morgan fingerprint density at radius 3 is 3.21 bits per heavy atom. The summed E-state index contributed by atoms with van der Waals surface area (Å²) in [5, 5.41) is 3.51. The molecule has 0 unspecified atom stereocenters. The molecule has 14 heavy (non-hydrogen) atoms. The second kappa shape index (κ2) is 3.33. The van der Waals surface area contributed by atoms with Gasteiger partial charge in [-0.05, 0) is 18.1 Å². The van der Waals surface area contributed by atoms with Gasteiger partial charge in [0.05, 0.1) is 0 Å². The van der Waals surface area contributed by atoms with Crippen molar-refractivity contribution >= 4 is 0 Å². The van der Waals surface area contributed by atoms with Gasteiger partial charge in [-0.15, -0.1) is 0 Å². The molecule has 1 aromatic heterocycles. The van der Waals surface area contributed by atoms with Crippen LogP contribution in [0.2, 0.25) is 0 Å². The Kier molecular flexibility index (Phi) is 2.00. The highest BCUT2D eigenvalue weighted by Gasteiger charge is 2.37. The van der Waals surface area contributed by atoms with Gasteiger partial charge < -0.3 is 5.32 Å². The zero-order chi connectivity index (χ0) is 9.38. The molecule has 0 radical (unpaired) electrons. The molecule has 1 aromatic rings. The van der Waals surface area contributed by atoms with Gasteiger partial charge in [0.25, 0.3) is 0 Å². The van der Waals surface area contributed by atoms with Gasteiger partial charge in [-0.1, -0.05) is 6.07 Å². The average molecular weight is 189 g/mol. The minimum absolute atomic E-state index is 0.747. The molecule has 3 heteroatoms. The predicted octanol–water partition coefficient (Wildman–Crippen LogP) is 0.628. The molecule has 0 saturated carbocycles. The maximum absolute atomic E-state index is 4.15. The second-order valence-electron chi connectivity index (χ2n) is 4.29. The van der Waals surface area contributed by atoms with E-state index in [2.05, 4.69) is 21.3 Å². The van der Waals surface area contributed by atoms with E-state index in [-0.39, 0.29) is 0 Å². The Labute approximate surface area is 84.1 Å². The zero-order valence-electron chi connectivity index (χ0n) is 8.19. The summed E-state index contributed by atoms with van der Waals surface area (Å²) in [4.78, 5) is 6.71. The fraction of sp³-hybridized carbons (Fsp3) is 0.545. The lowest BCUT2D eigenvalue weighted by Crippen LogP contribution is -2.42. The summed E-state index contributed by atoms with van der Waals surface area (Å²) in [5.41, 5.74) is 1.33. The minimum atomic E-state index is 0.747. The van der Waals surface area contributed by atoms with Gasteiger partial charge in [-0.25, -0.2) is 0 Å². The fourth-order valence-electron chi connectivity index (χ4n) is 2.57. The van der Waals surface area contributed by atoms with Crippen molar-refractivity contribution in [3.05, 3.63) is 30.1 Å². The van der Waals surface area contributed by atoms with Crippen molar-refractivity contribution in [3.63, 3.8) is 0 Å². The highest BCUT2D eigenvalue weighted by atomic mass is 15.3. The highest BCUT2D eigenvalue weighted by Crippen LogP contribution is 2.24. The van der Waals surface area contributed by atoms with Gasteiger partial charge in [0.15, 0.2) is 0 Å². The molecule has 2 fully saturated rings. The lowest BCUT2D eigenvalue weighted by atomic mass is 10.2. The number of fused-ring (bicyclic) bond motifs is 2. The van der Waals surface area contributed by atoms with E-state index in [1.165, 1.54) is 25.1 Å². The average Bonchev–Trinajstić information content (AvgIpc) is 2.81. The van der Waals surface area contributed by atoms with Crippen LogP contribution in [0.25, 0.3) is 0 Å². The monoisotopic (exact) mass is 189 g/mol. The molecule has 1 N–H and O–H groups in total. The van der Waals surface area contributed by atoms with Crippen molar-refractivity contribution in [2.75, 3.05) is 13.1 Å². The maximum Gasteiger partial charge on any atom is 0.0312 e. The summed E-state index contributed by atoms with van der Waals surface area (Å²) in [5.74, 6) is 0. The zero-order valence-corrected chi connectivity index (χ0v) is 8.19. The molecule has 0 aliphatic carbocycles. The topological polar surface area (TPSA) is 28.2 Å². The number of pyridine rings is 1. The molecule has 3 nitrogen and oxygen atoms in total. The van der Waals surface area contributed by atoms with Gasteiger partial charge >= 0.3 is 0 Å². The molecule has 2 atom stereocenters. The third-order valence-electron chi connectivity index (χ3n) is 3.28. The molecule has 0 amide bonds. The Balaban J connectivity index is 1.69. The highest BCUT2D eigenvalue weighted by molar-refractivity contribution is 5.10. The third kappa shape index (κ3) is 1.42. The number of nitrogens with one attached hydrogen (secondary N) is 1. The molecule has 0 aromatic carbocycles. The molecule has 2 saturated heterocycles.